The lowest BCUT2D eigenvalue weighted by Crippen LogP contribution is -2.14. The first kappa shape index (κ1) is 20.1. The second-order valence-corrected chi connectivity index (χ2v) is 7.56. The highest BCUT2D eigenvalue weighted by molar-refractivity contribution is 9.10. The van der Waals surface area contributed by atoms with Crippen LogP contribution >= 0.6 is 27.7 Å². The van der Waals surface area contributed by atoms with Gasteiger partial charge >= 0.3 is 0 Å². The summed E-state index contributed by atoms with van der Waals surface area (Å²) >= 11 is 4.64. The maximum Gasteiger partial charge on any atom is 0.234 e. The summed E-state index contributed by atoms with van der Waals surface area (Å²) in [6, 6.07) is 14.9. The summed E-state index contributed by atoms with van der Waals surface area (Å²) in [7, 11) is 1.63. The van der Waals surface area contributed by atoms with E-state index in [1.165, 1.54) is 11.8 Å². The van der Waals surface area contributed by atoms with Crippen LogP contribution in [-0.2, 0) is 4.79 Å². The summed E-state index contributed by atoms with van der Waals surface area (Å²) < 4.78 is 7.72. The van der Waals surface area contributed by atoms with E-state index in [-0.39, 0.29) is 11.7 Å². The molecule has 7 nitrogen and oxygen atoms in total. The number of aryl methyl sites for hydroxylation is 1. The fourth-order valence-corrected chi connectivity index (χ4v) is 3.23. The van der Waals surface area contributed by atoms with Gasteiger partial charge in [0, 0.05) is 10.2 Å². The van der Waals surface area contributed by atoms with Crippen molar-refractivity contribution in [3.8, 4) is 5.75 Å². The topological polar surface area (TPSA) is 81.4 Å². The van der Waals surface area contributed by atoms with Crippen molar-refractivity contribution in [2.75, 3.05) is 18.2 Å². The zero-order valence-corrected chi connectivity index (χ0v) is 17.7. The molecule has 144 valence electrons. The van der Waals surface area contributed by atoms with Crippen molar-refractivity contribution < 1.29 is 9.53 Å². The number of methoxy groups -OCH3 is 1. The molecule has 0 aliphatic heterocycles. The molecule has 0 saturated heterocycles. The molecule has 0 unspecified atom stereocenters. The van der Waals surface area contributed by atoms with E-state index in [9.17, 15) is 4.79 Å². The van der Waals surface area contributed by atoms with Crippen molar-refractivity contribution in [2.45, 2.75) is 12.1 Å². The predicted molar refractivity (Wildman–Crippen MR) is 114 cm³/mol. The van der Waals surface area contributed by atoms with Gasteiger partial charge in [-0.2, -0.15) is 9.78 Å². The summed E-state index contributed by atoms with van der Waals surface area (Å²) in [5, 5.41) is 16.0. The molecule has 1 amide bonds. The van der Waals surface area contributed by atoms with Crippen molar-refractivity contribution in [2.24, 2.45) is 5.10 Å². The first-order chi connectivity index (χ1) is 13.5. The van der Waals surface area contributed by atoms with Crippen molar-refractivity contribution in [1.82, 2.24) is 14.9 Å². The minimum Gasteiger partial charge on any atom is -0.497 e. The molecule has 1 aromatic heterocycles. The van der Waals surface area contributed by atoms with Gasteiger partial charge in [0.2, 0.25) is 11.1 Å². The maximum absolute atomic E-state index is 12.2. The van der Waals surface area contributed by atoms with Crippen LogP contribution in [0.25, 0.3) is 0 Å². The van der Waals surface area contributed by atoms with Gasteiger partial charge in [-0.05, 0) is 61.0 Å². The first-order valence-corrected chi connectivity index (χ1v) is 10.1. The van der Waals surface area contributed by atoms with Crippen LogP contribution in [0.5, 0.6) is 5.75 Å². The van der Waals surface area contributed by atoms with E-state index in [0.717, 1.165) is 21.5 Å². The highest BCUT2D eigenvalue weighted by atomic mass is 79.9. The van der Waals surface area contributed by atoms with Crippen LogP contribution in [-0.4, -0.2) is 39.9 Å². The third-order valence-electron chi connectivity index (χ3n) is 3.67. The minimum absolute atomic E-state index is 0.126. The van der Waals surface area contributed by atoms with Crippen LogP contribution in [0.4, 0.5) is 5.69 Å². The molecule has 0 aliphatic rings. The second-order valence-electron chi connectivity index (χ2n) is 5.70. The number of halogens is 1. The average Bonchev–Trinajstić information content (AvgIpc) is 3.06. The van der Waals surface area contributed by atoms with E-state index in [0.29, 0.717) is 11.0 Å². The summed E-state index contributed by atoms with van der Waals surface area (Å²) in [4.78, 5) is 12.2. The molecule has 0 spiro atoms. The molecule has 0 saturated carbocycles. The number of anilines is 1. The standard InChI is InChI=1S/C19H18BrN5O2S/c1-13-23-24-19(25(13)21-11-14-3-9-17(27-2)10-4-14)28-12-18(26)22-16-7-5-15(20)6-8-16/h3-11H,12H2,1-2H3,(H,22,26)/b21-11-. The summed E-state index contributed by atoms with van der Waals surface area (Å²) in [6.45, 7) is 1.81. The van der Waals surface area contributed by atoms with Gasteiger partial charge in [0.25, 0.3) is 0 Å². The zero-order valence-electron chi connectivity index (χ0n) is 15.3. The number of ether oxygens (including phenoxy) is 1. The van der Waals surface area contributed by atoms with Gasteiger partial charge < -0.3 is 10.1 Å². The molecule has 0 aliphatic carbocycles. The fourth-order valence-electron chi connectivity index (χ4n) is 2.24. The van der Waals surface area contributed by atoms with Crippen molar-refractivity contribution in [3.63, 3.8) is 0 Å². The largest absolute Gasteiger partial charge is 0.497 e. The Balaban J connectivity index is 1.62. The number of hydrogen-bond donors (Lipinski definition) is 1. The summed E-state index contributed by atoms with van der Waals surface area (Å²) in [5.41, 5.74) is 1.65. The van der Waals surface area contributed by atoms with Crippen molar-refractivity contribution in [3.05, 3.63) is 64.4 Å². The van der Waals surface area contributed by atoms with Gasteiger partial charge in [0.05, 0.1) is 19.1 Å². The number of thioether (sulfide) groups is 1. The van der Waals surface area contributed by atoms with Crippen LogP contribution in [0.1, 0.15) is 11.4 Å². The smallest absolute Gasteiger partial charge is 0.234 e. The molecular formula is C19H18BrN5O2S. The number of nitrogens with one attached hydrogen (secondary N) is 1. The number of hydrogen-bond acceptors (Lipinski definition) is 6. The van der Waals surface area contributed by atoms with Crippen molar-refractivity contribution >= 4 is 45.5 Å². The van der Waals surface area contributed by atoms with E-state index < -0.39 is 0 Å². The Morgan fingerprint density at radius 2 is 1.93 bits per heavy atom. The van der Waals surface area contributed by atoms with Crippen LogP contribution in [0.15, 0.2) is 63.3 Å². The Bertz CT molecular complexity index is 971. The Morgan fingerprint density at radius 1 is 1.21 bits per heavy atom. The summed E-state index contributed by atoms with van der Waals surface area (Å²) in [6.07, 6.45) is 1.71. The van der Waals surface area contributed by atoms with Crippen molar-refractivity contribution in [1.29, 1.82) is 0 Å². The lowest BCUT2D eigenvalue weighted by Gasteiger charge is -2.05. The molecule has 0 atom stereocenters. The highest BCUT2D eigenvalue weighted by Gasteiger charge is 2.11. The lowest BCUT2D eigenvalue weighted by atomic mass is 10.2. The molecule has 1 N–H and O–H groups in total. The molecule has 3 aromatic rings. The Morgan fingerprint density at radius 3 is 2.61 bits per heavy atom. The zero-order chi connectivity index (χ0) is 19.9. The number of amides is 1. The predicted octanol–water partition coefficient (Wildman–Crippen LogP) is 3.97. The maximum atomic E-state index is 12.2. The molecule has 1 heterocycles. The molecule has 3 rings (SSSR count). The van der Waals surface area contributed by atoms with E-state index in [1.807, 2.05) is 55.5 Å². The number of aromatic nitrogens is 3. The molecule has 0 fully saturated rings. The number of benzene rings is 2. The lowest BCUT2D eigenvalue weighted by molar-refractivity contribution is -0.113. The molecular weight excluding hydrogens is 442 g/mol. The number of rotatable bonds is 7. The number of carbonyl (C=O) groups is 1. The van der Waals surface area contributed by atoms with Gasteiger partial charge in [-0.1, -0.05) is 27.7 Å². The monoisotopic (exact) mass is 459 g/mol. The Hall–Kier alpha value is -2.65. The normalized spacial score (nSPS) is 11.0. The third kappa shape index (κ3) is 5.43. The van der Waals surface area contributed by atoms with Gasteiger partial charge in [0.1, 0.15) is 5.75 Å². The van der Waals surface area contributed by atoms with Gasteiger partial charge in [-0.3, -0.25) is 4.79 Å². The Kier molecular flexibility index (Phi) is 6.83. The quantitative estimate of drug-likeness (QED) is 0.426. The molecule has 0 radical (unpaired) electrons. The molecule has 9 heteroatoms. The minimum atomic E-state index is -0.126. The van der Waals surface area contributed by atoms with Crippen LogP contribution in [0.2, 0.25) is 0 Å². The van der Waals surface area contributed by atoms with E-state index in [1.54, 1.807) is 18.0 Å². The average molecular weight is 460 g/mol. The Labute approximate surface area is 175 Å². The van der Waals surface area contributed by atoms with E-state index in [2.05, 4.69) is 36.5 Å². The summed E-state index contributed by atoms with van der Waals surface area (Å²) in [5.74, 6) is 1.50. The van der Waals surface area contributed by atoms with Gasteiger partial charge in [0.15, 0.2) is 5.82 Å². The second kappa shape index (κ2) is 9.52. The molecule has 28 heavy (non-hydrogen) atoms. The van der Waals surface area contributed by atoms with E-state index in [4.69, 9.17) is 4.74 Å². The first-order valence-electron chi connectivity index (χ1n) is 8.34. The van der Waals surface area contributed by atoms with E-state index >= 15 is 0 Å². The fraction of sp³-hybridized carbons (Fsp3) is 0.158. The van der Waals surface area contributed by atoms with Gasteiger partial charge in [-0.15, -0.1) is 10.2 Å². The van der Waals surface area contributed by atoms with Crippen LogP contribution in [0.3, 0.4) is 0 Å². The number of carbonyl (C=O) groups excluding carboxylic acids is 1. The SMILES string of the molecule is COc1ccc(/C=N\n2c(C)nnc2SCC(=O)Nc2ccc(Br)cc2)cc1. The van der Waals surface area contributed by atoms with Gasteiger partial charge in [-0.25, -0.2) is 0 Å². The van der Waals surface area contributed by atoms with Crippen LogP contribution < -0.4 is 10.1 Å². The molecule has 0 bridgehead atoms. The molecule has 2 aromatic carbocycles. The third-order valence-corrected chi connectivity index (χ3v) is 5.11. The highest BCUT2D eigenvalue weighted by Crippen LogP contribution is 2.19. The van der Waals surface area contributed by atoms with Crippen LogP contribution in [0, 0.1) is 6.92 Å². The number of nitrogens with zero attached hydrogens (tertiary/aromatic N) is 4.